The van der Waals surface area contributed by atoms with Gasteiger partial charge in [-0.25, -0.2) is 4.98 Å². The fourth-order valence-corrected chi connectivity index (χ4v) is 3.35. The van der Waals surface area contributed by atoms with Crippen LogP contribution in [0.4, 0.5) is 5.69 Å². The molecular formula is C18H20N4O2S. The van der Waals surface area contributed by atoms with Crippen LogP contribution in [0.5, 0.6) is 0 Å². The average Bonchev–Trinajstić information content (AvgIpc) is 3.00. The van der Waals surface area contributed by atoms with Crippen LogP contribution < -0.4 is 10.9 Å². The van der Waals surface area contributed by atoms with Gasteiger partial charge < -0.3 is 10.3 Å². The Morgan fingerprint density at radius 3 is 2.92 bits per heavy atom. The second-order valence-corrected chi connectivity index (χ2v) is 7.03. The number of H-pyrrole nitrogens is 1. The van der Waals surface area contributed by atoms with E-state index in [-0.39, 0.29) is 18.0 Å². The van der Waals surface area contributed by atoms with Gasteiger partial charge in [0.15, 0.2) is 0 Å². The van der Waals surface area contributed by atoms with Gasteiger partial charge in [0.2, 0.25) is 5.91 Å². The van der Waals surface area contributed by atoms with Gasteiger partial charge in [-0.2, -0.15) is 0 Å². The highest BCUT2D eigenvalue weighted by Gasteiger charge is 2.12. The summed E-state index contributed by atoms with van der Waals surface area (Å²) >= 11 is 1.37. The molecule has 6 nitrogen and oxygen atoms in total. The summed E-state index contributed by atoms with van der Waals surface area (Å²) in [5, 5.41) is 4.78. The fourth-order valence-electron chi connectivity index (χ4n) is 2.63. The number of hydrogen-bond donors (Lipinski definition) is 2. The fraction of sp³-hybridized carbons (Fsp3) is 0.278. The number of thiophene rings is 1. The molecule has 1 aromatic carbocycles. The van der Waals surface area contributed by atoms with Crippen LogP contribution in [0.2, 0.25) is 0 Å². The molecule has 0 aliphatic heterocycles. The minimum Gasteiger partial charge on any atom is -0.325 e. The molecule has 0 aliphatic carbocycles. The van der Waals surface area contributed by atoms with E-state index in [1.54, 1.807) is 0 Å². The number of benzene rings is 1. The smallest absolute Gasteiger partial charge is 0.268 e. The Labute approximate surface area is 149 Å². The zero-order valence-electron chi connectivity index (χ0n) is 14.4. The van der Waals surface area contributed by atoms with Crippen molar-refractivity contribution in [3.8, 4) is 0 Å². The topological polar surface area (TPSA) is 78.1 Å². The highest BCUT2D eigenvalue weighted by atomic mass is 32.1. The molecular weight excluding hydrogens is 336 g/mol. The van der Waals surface area contributed by atoms with Crippen molar-refractivity contribution in [1.82, 2.24) is 14.9 Å². The Morgan fingerprint density at radius 2 is 2.12 bits per heavy atom. The average molecular weight is 356 g/mol. The number of aryl methyl sites for hydroxylation is 1. The lowest BCUT2D eigenvalue weighted by atomic mass is 10.1. The quantitative estimate of drug-likeness (QED) is 0.737. The van der Waals surface area contributed by atoms with Gasteiger partial charge in [0.25, 0.3) is 5.56 Å². The van der Waals surface area contributed by atoms with Gasteiger partial charge in [-0.15, -0.1) is 11.3 Å². The van der Waals surface area contributed by atoms with Crippen molar-refractivity contribution in [2.75, 3.05) is 18.9 Å². The third-order valence-corrected chi connectivity index (χ3v) is 4.98. The highest BCUT2D eigenvalue weighted by molar-refractivity contribution is 7.17. The molecule has 2 N–H and O–H groups in total. The first-order valence-electron chi connectivity index (χ1n) is 7.95. The number of nitrogens with one attached hydrogen (secondary N) is 2. The Balaban J connectivity index is 1.65. The van der Waals surface area contributed by atoms with E-state index in [1.165, 1.54) is 11.3 Å². The number of carbonyl (C=O) groups excluding carboxylic acids is 1. The molecule has 3 rings (SSSR count). The largest absolute Gasteiger partial charge is 0.325 e. The summed E-state index contributed by atoms with van der Waals surface area (Å²) < 4.78 is 0.624. The number of amides is 1. The maximum atomic E-state index is 12.3. The van der Waals surface area contributed by atoms with Crippen LogP contribution in [-0.2, 0) is 11.3 Å². The predicted octanol–water partition coefficient (Wildman–Crippen LogP) is 2.67. The SMILES string of the molecule is Cc1cccc(NC(=O)CN(C)Cc2nc3ccsc3c(=O)[nH]2)c1C. The van der Waals surface area contributed by atoms with Crippen molar-refractivity contribution in [2.45, 2.75) is 20.4 Å². The number of carbonyl (C=O) groups is 1. The van der Waals surface area contributed by atoms with E-state index in [0.29, 0.717) is 22.6 Å². The number of hydrogen-bond acceptors (Lipinski definition) is 5. The summed E-state index contributed by atoms with van der Waals surface area (Å²) in [6, 6.07) is 7.65. The molecule has 0 saturated heterocycles. The number of nitrogens with zero attached hydrogens (tertiary/aromatic N) is 2. The molecule has 7 heteroatoms. The number of anilines is 1. The highest BCUT2D eigenvalue weighted by Crippen LogP contribution is 2.18. The second kappa shape index (κ2) is 7.16. The van der Waals surface area contributed by atoms with Crippen molar-refractivity contribution in [3.63, 3.8) is 0 Å². The van der Waals surface area contributed by atoms with Crippen molar-refractivity contribution >= 4 is 33.1 Å². The second-order valence-electron chi connectivity index (χ2n) is 6.12. The molecule has 0 spiro atoms. The van der Waals surface area contributed by atoms with E-state index >= 15 is 0 Å². The van der Waals surface area contributed by atoms with Crippen LogP contribution >= 0.6 is 11.3 Å². The van der Waals surface area contributed by atoms with Crippen molar-refractivity contribution in [2.24, 2.45) is 0 Å². The van der Waals surface area contributed by atoms with E-state index in [0.717, 1.165) is 16.8 Å². The molecule has 3 aromatic rings. The molecule has 0 atom stereocenters. The van der Waals surface area contributed by atoms with E-state index in [4.69, 9.17) is 0 Å². The summed E-state index contributed by atoms with van der Waals surface area (Å²) in [5.74, 6) is 0.452. The van der Waals surface area contributed by atoms with Gasteiger partial charge in [-0.05, 0) is 49.5 Å². The molecule has 0 bridgehead atoms. The number of aromatic nitrogens is 2. The van der Waals surface area contributed by atoms with Crippen LogP contribution in [0.15, 0.2) is 34.4 Å². The van der Waals surface area contributed by atoms with Crippen molar-refractivity contribution in [1.29, 1.82) is 0 Å². The lowest BCUT2D eigenvalue weighted by Gasteiger charge is -2.16. The van der Waals surface area contributed by atoms with Crippen LogP contribution in [0.3, 0.4) is 0 Å². The lowest BCUT2D eigenvalue weighted by Crippen LogP contribution is -2.31. The number of rotatable bonds is 5. The van der Waals surface area contributed by atoms with E-state index in [1.807, 2.05) is 55.4 Å². The Hall–Kier alpha value is -2.51. The summed E-state index contributed by atoms with van der Waals surface area (Å²) in [6.07, 6.45) is 0. The van der Waals surface area contributed by atoms with Crippen molar-refractivity contribution < 1.29 is 4.79 Å². The Bertz CT molecular complexity index is 977. The molecule has 0 aliphatic rings. The van der Waals surface area contributed by atoms with Crippen LogP contribution in [0, 0.1) is 13.8 Å². The van der Waals surface area contributed by atoms with E-state index in [9.17, 15) is 9.59 Å². The van der Waals surface area contributed by atoms with Gasteiger partial charge in [0, 0.05) is 5.69 Å². The van der Waals surface area contributed by atoms with Crippen LogP contribution in [0.1, 0.15) is 17.0 Å². The maximum Gasteiger partial charge on any atom is 0.268 e. The number of fused-ring (bicyclic) bond motifs is 1. The zero-order chi connectivity index (χ0) is 18.0. The molecule has 1 amide bonds. The lowest BCUT2D eigenvalue weighted by molar-refractivity contribution is -0.117. The monoisotopic (exact) mass is 356 g/mol. The molecule has 2 aromatic heterocycles. The first-order valence-corrected chi connectivity index (χ1v) is 8.83. The Morgan fingerprint density at radius 1 is 1.32 bits per heavy atom. The third kappa shape index (κ3) is 3.94. The van der Waals surface area contributed by atoms with Gasteiger partial charge in [0.05, 0.1) is 18.6 Å². The summed E-state index contributed by atoms with van der Waals surface area (Å²) in [4.78, 5) is 33.3. The predicted molar refractivity (Wildman–Crippen MR) is 101 cm³/mol. The van der Waals surface area contributed by atoms with E-state index < -0.39 is 0 Å². The third-order valence-electron chi connectivity index (χ3n) is 4.08. The minimum atomic E-state index is -0.136. The standard InChI is InChI=1S/C18H20N4O2S/c1-11-5-4-6-13(12(11)2)20-16(23)10-22(3)9-15-19-14-7-8-25-17(14)18(24)21-15/h4-8H,9-10H2,1-3H3,(H,20,23)(H,19,21,24). The first-order chi connectivity index (χ1) is 11.9. The van der Waals surface area contributed by atoms with Crippen LogP contribution in [-0.4, -0.2) is 34.4 Å². The van der Waals surface area contributed by atoms with Crippen molar-refractivity contribution in [3.05, 3.63) is 57.0 Å². The molecule has 0 unspecified atom stereocenters. The molecule has 130 valence electrons. The van der Waals surface area contributed by atoms with E-state index in [2.05, 4.69) is 15.3 Å². The number of likely N-dealkylation sites (N-methyl/N-ethyl adjacent to an activating group) is 1. The normalized spacial score (nSPS) is 11.2. The van der Waals surface area contributed by atoms with Gasteiger partial charge >= 0.3 is 0 Å². The van der Waals surface area contributed by atoms with Gasteiger partial charge in [0.1, 0.15) is 10.5 Å². The molecule has 0 radical (unpaired) electrons. The molecule has 0 fully saturated rings. The molecule has 2 heterocycles. The maximum absolute atomic E-state index is 12.3. The summed E-state index contributed by atoms with van der Waals surface area (Å²) in [7, 11) is 1.82. The molecule has 25 heavy (non-hydrogen) atoms. The summed E-state index contributed by atoms with van der Waals surface area (Å²) in [6.45, 7) is 4.60. The zero-order valence-corrected chi connectivity index (χ0v) is 15.2. The van der Waals surface area contributed by atoms with Gasteiger partial charge in [-0.1, -0.05) is 12.1 Å². The van der Waals surface area contributed by atoms with Crippen LogP contribution in [0.25, 0.3) is 10.2 Å². The Kier molecular flexibility index (Phi) is 4.96. The molecule has 0 saturated carbocycles. The first kappa shape index (κ1) is 17.3. The number of aromatic amines is 1. The van der Waals surface area contributed by atoms with Gasteiger partial charge in [-0.3, -0.25) is 14.5 Å². The summed E-state index contributed by atoms with van der Waals surface area (Å²) in [5.41, 5.74) is 3.58. The minimum absolute atomic E-state index is 0.102.